The van der Waals surface area contributed by atoms with Crippen LogP contribution in [0.4, 0.5) is 0 Å². The second-order valence-corrected chi connectivity index (χ2v) is 6.32. The molecule has 2 aromatic rings. The molecule has 0 bridgehead atoms. The van der Waals surface area contributed by atoms with Crippen molar-refractivity contribution in [3.8, 4) is 11.5 Å². The van der Waals surface area contributed by atoms with Crippen LogP contribution in [0.1, 0.15) is 18.1 Å². The van der Waals surface area contributed by atoms with Crippen LogP contribution < -0.4 is 9.47 Å². The normalized spacial score (nSPS) is 15.1. The van der Waals surface area contributed by atoms with Crippen molar-refractivity contribution in [2.24, 2.45) is 4.99 Å². The number of cyclic esters (lactones) is 1. The van der Waals surface area contributed by atoms with Crippen molar-refractivity contribution in [2.75, 3.05) is 13.7 Å². The van der Waals surface area contributed by atoms with Crippen LogP contribution in [0.2, 0.25) is 0 Å². The highest BCUT2D eigenvalue weighted by Crippen LogP contribution is 2.30. The Morgan fingerprint density at radius 1 is 1.20 bits per heavy atom. The van der Waals surface area contributed by atoms with Gasteiger partial charge in [-0.1, -0.05) is 18.2 Å². The Balaban J connectivity index is 1.94. The number of halogens is 1. The molecule has 0 fully saturated rings. The quantitative estimate of drug-likeness (QED) is 0.393. The van der Waals surface area contributed by atoms with Gasteiger partial charge in [0, 0.05) is 3.57 Å². The fraction of sp³-hybridized carbons (Fsp3) is 0.158. The molecule has 0 spiro atoms. The van der Waals surface area contributed by atoms with Gasteiger partial charge < -0.3 is 14.2 Å². The molecule has 2 aromatic carbocycles. The molecular formula is C19H16INO4. The van der Waals surface area contributed by atoms with Crippen LogP contribution in [0, 0.1) is 3.57 Å². The Morgan fingerprint density at radius 2 is 2.00 bits per heavy atom. The second kappa shape index (κ2) is 7.69. The third-order valence-electron chi connectivity index (χ3n) is 3.52. The Labute approximate surface area is 159 Å². The fourth-order valence-corrected chi connectivity index (χ4v) is 2.99. The summed E-state index contributed by atoms with van der Waals surface area (Å²) < 4.78 is 17.1. The first-order valence-electron chi connectivity index (χ1n) is 7.70. The number of carbonyl (C=O) groups excluding carboxylic acids is 1. The predicted molar refractivity (Wildman–Crippen MR) is 104 cm³/mol. The van der Waals surface area contributed by atoms with Crippen LogP contribution in [-0.4, -0.2) is 25.6 Å². The van der Waals surface area contributed by atoms with E-state index in [-0.39, 0.29) is 5.70 Å². The molecule has 0 radical (unpaired) electrons. The molecule has 1 aliphatic rings. The third kappa shape index (κ3) is 3.84. The Hall–Kier alpha value is -2.35. The minimum atomic E-state index is -0.469. The largest absolute Gasteiger partial charge is 0.493 e. The maximum absolute atomic E-state index is 12.1. The van der Waals surface area contributed by atoms with Crippen molar-refractivity contribution in [1.29, 1.82) is 0 Å². The van der Waals surface area contributed by atoms with Crippen LogP contribution in [0.25, 0.3) is 6.08 Å². The first-order valence-corrected chi connectivity index (χ1v) is 8.78. The van der Waals surface area contributed by atoms with Crippen LogP contribution in [0.5, 0.6) is 11.5 Å². The van der Waals surface area contributed by atoms with Gasteiger partial charge in [-0.2, -0.15) is 0 Å². The highest BCUT2D eigenvalue weighted by molar-refractivity contribution is 14.1. The van der Waals surface area contributed by atoms with Gasteiger partial charge in [0.15, 0.2) is 17.2 Å². The van der Waals surface area contributed by atoms with E-state index in [0.29, 0.717) is 24.0 Å². The molecule has 0 N–H and O–H groups in total. The number of carbonyl (C=O) groups is 1. The van der Waals surface area contributed by atoms with Crippen molar-refractivity contribution in [1.82, 2.24) is 0 Å². The van der Waals surface area contributed by atoms with E-state index in [4.69, 9.17) is 14.2 Å². The van der Waals surface area contributed by atoms with Gasteiger partial charge >= 0.3 is 5.97 Å². The van der Waals surface area contributed by atoms with Gasteiger partial charge in [0.05, 0.1) is 19.3 Å². The zero-order valence-electron chi connectivity index (χ0n) is 13.8. The number of rotatable bonds is 5. The summed E-state index contributed by atoms with van der Waals surface area (Å²) in [5.74, 6) is 1.11. The van der Waals surface area contributed by atoms with Gasteiger partial charge in [-0.15, -0.1) is 0 Å². The number of hydrogen-bond donors (Lipinski definition) is 0. The molecule has 1 heterocycles. The summed E-state index contributed by atoms with van der Waals surface area (Å²) >= 11 is 2.19. The van der Waals surface area contributed by atoms with E-state index in [1.54, 1.807) is 19.3 Å². The van der Waals surface area contributed by atoms with E-state index in [9.17, 15) is 4.79 Å². The van der Waals surface area contributed by atoms with E-state index >= 15 is 0 Å². The zero-order chi connectivity index (χ0) is 17.8. The predicted octanol–water partition coefficient (Wildman–Crippen LogP) is 4.04. The standard InChI is InChI=1S/C19H16INO4/c1-3-24-17-11-12(8-9-16(17)23-2)10-15-19(22)25-18(21-15)13-6-4-5-7-14(13)20/h4-11H,3H2,1-2H3/b15-10+. The average Bonchev–Trinajstić information content (AvgIpc) is 2.96. The molecule has 0 unspecified atom stereocenters. The van der Waals surface area contributed by atoms with E-state index in [1.165, 1.54) is 0 Å². The fourth-order valence-electron chi connectivity index (χ4n) is 2.37. The van der Waals surface area contributed by atoms with Crippen molar-refractivity contribution in [3.63, 3.8) is 0 Å². The van der Waals surface area contributed by atoms with Crippen LogP contribution >= 0.6 is 22.6 Å². The molecule has 128 valence electrons. The lowest BCUT2D eigenvalue weighted by atomic mass is 10.1. The van der Waals surface area contributed by atoms with Crippen molar-refractivity contribution < 1.29 is 19.0 Å². The summed E-state index contributed by atoms with van der Waals surface area (Å²) in [5.41, 5.74) is 1.83. The molecule has 0 saturated carbocycles. The average molecular weight is 449 g/mol. The lowest BCUT2D eigenvalue weighted by molar-refractivity contribution is -0.129. The van der Waals surface area contributed by atoms with Crippen molar-refractivity contribution in [3.05, 3.63) is 62.9 Å². The van der Waals surface area contributed by atoms with Crippen LogP contribution in [0.3, 0.4) is 0 Å². The number of methoxy groups -OCH3 is 1. The summed E-state index contributed by atoms with van der Waals surface area (Å²) in [6.07, 6.45) is 1.67. The van der Waals surface area contributed by atoms with Crippen molar-refractivity contribution >= 4 is 40.5 Å². The summed E-state index contributed by atoms with van der Waals surface area (Å²) in [4.78, 5) is 16.5. The van der Waals surface area contributed by atoms with Gasteiger partial charge in [0.1, 0.15) is 0 Å². The second-order valence-electron chi connectivity index (χ2n) is 5.16. The molecule has 0 aromatic heterocycles. The molecule has 25 heavy (non-hydrogen) atoms. The number of benzene rings is 2. The van der Waals surface area contributed by atoms with E-state index in [2.05, 4.69) is 27.6 Å². The minimum Gasteiger partial charge on any atom is -0.493 e. The lowest BCUT2D eigenvalue weighted by Gasteiger charge is -2.09. The highest BCUT2D eigenvalue weighted by Gasteiger charge is 2.25. The van der Waals surface area contributed by atoms with Gasteiger partial charge in [-0.05, 0) is 65.4 Å². The van der Waals surface area contributed by atoms with Gasteiger partial charge in [-0.25, -0.2) is 9.79 Å². The maximum atomic E-state index is 12.1. The number of aliphatic imine (C=N–C) groups is 1. The summed E-state index contributed by atoms with van der Waals surface area (Å²) in [6.45, 7) is 2.42. The summed E-state index contributed by atoms with van der Waals surface area (Å²) in [7, 11) is 1.59. The monoisotopic (exact) mass is 449 g/mol. The SMILES string of the molecule is CCOc1cc(/C=C2/N=C(c3ccccc3I)OC2=O)ccc1OC. The molecule has 0 amide bonds. The topological polar surface area (TPSA) is 57.1 Å². The smallest absolute Gasteiger partial charge is 0.363 e. The summed E-state index contributed by atoms with van der Waals surface area (Å²) in [5, 5.41) is 0. The first kappa shape index (κ1) is 17.5. The summed E-state index contributed by atoms with van der Waals surface area (Å²) in [6, 6.07) is 13.1. The molecule has 5 nitrogen and oxygen atoms in total. The van der Waals surface area contributed by atoms with Gasteiger partial charge in [0.2, 0.25) is 5.90 Å². The Kier molecular flexibility index (Phi) is 5.37. The number of hydrogen-bond acceptors (Lipinski definition) is 5. The minimum absolute atomic E-state index is 0.252. The number of esters is 1. The van der Waals surface area contributed by atoms with E-state index in [0.717, 1.165) is 14.7 Å². The first-order chi connectivity index (χ1) is 12.1. The van der Waals surface area contributed by atoms with Gasteiger partial charge in [-0.3, -0.25) is 0 Å². The number of ether oxygens (including phenoxy) is 3. The van der Waals surface area contributed by atoms with E-state index in [1.807, 2.05) is 43.3 Å². The molecule has 6 heteroatoms. The molecule has 0 aliphatic carbocycles. The van der Waals surface area contributed by atoms with Crippen molar-refractivity contribution in [2.45, 2.75) is 6.92 Å². The Morgan fingerprint density at radius 3 is 2.72 bits per heavy atom. The highest BCUT2D eigenvalue weighted by atomic mass is 127. The number of nitrogens with zero attached hydrogens (tertiary/aromatic N) is 1. The maximum Gasteiger partial charge on any atom is 0.363 e. The third-order valence-corrected chi connectivity index (χ3v) is 4.46. The molecule has 0 atom stereocenters. The molecule has 0 saturated heterocycles. The molecular weight excluding hydrogens is 433 g/mol. The lowest BCUT2D eigenvalue weighted by Crippen LogP contribution is -2.06. The molecule has 3 rings (SSSR count). The van der Waals surface area contributed by atoms with E-state index < -0.39 is 5.97 Å². The zero-order valence-corrected chi connectivity index (χ0v) is 15.9. The molecule has 1 aliphatic heterocycles. The van der Waals surface area contributed by atoms with Gasteiger partial charge in [0.25, 0.3) is 0 Å². The van der Waals surface area contributed by atoms with Crippen LogP contribution in [-0.2, 0) is 9.53 Å². The van der Waals surface area contributed by atoms with Crippen LogP contribution in [0.15, 0.2) is 53.2 Å². The Bertz CT molecular complexity index is 873.